The maximum absolute atomic E-state index is 14.6. The highest BCUT2D eigenvalue weighted by Gasteiger charge is 2.29. The number of methoxy groups -OCH3 is 1. The summed E-state index contributed by atoms with van der Waals surface area (Å²) < 4.78 is 59.3. The number of hydrogen-bond acceptors (Lipinski definition) is 9. The predicted octanol–water partition coefficient (Wildman–Crippen LogP) is 4.60. The molecule has 0 saturated carbocycles. The number of nitrogens with zero attached hydrogens (tertiary/aromatic N) is 7. The van der Waals surface area contributed by atoms with Gasteiger partial charge in [0.15, 0.2) is 11.6 Å². The van der Waals surface area contributed by atoms with Crippen molar-refractivity contribution in [2.75, 3.05) is 30.4 Å². The Kier molecular flexibility index (Phi) is 8.69. The van der Waals surface area contributed by atoms with Gasteiger partial charge in [0.1, 0.15) is 29.6 Å². The highest BCUT2D eigenvalue weighted by atomic mass is 35.5. The molecule has 10 nitrogen and oxygen atoms in total. The van der Waals surface area contributed by atoms with Gasteiger partial charge in [-0.2, -0.15) is 18.3 Å². The van der Waals surface area contributed by atoms with Crippen LogP contribution in [0.5, 0.6) is 5.75 Å². The number of piperidine rings is 1. The fourth-order valence-electron chi connectivity index (χ4n) is 4.45. The molecule has 0 amide bonds. The lowest BCUT2D eigenvalue weighted by Crippen LogP contribution is -2.43. The third kappa shape index (κ3) is 6.57. The van der Waals surface area contributed by atoms with Crippen LogP contribution in [0, 0.1) is 5.82 Å². The molecule has 4 heterocycles. The van der Waals surface area contributed by atoms with Crippen LogP contribution >= 0.6 is 12.4 Å². The summed E-state index contributed by atoms with van der Waals surface area (Å²) in [5, 5.41) is 15.5. The van der Waals surface area contributed by atoms with Gasteiger partial charge in [-0.25, -0.2) is 14.4 Å². The standard InChI is InChI=1S/C25H25F4N9O.ClH/c1-39-19-6-2-5-17(26)22(19)24-31-8-7-20(34-24)33-21-10-18(37-9-3-4-16(30)13-37)23(36-35-21)15-11-32-38(12-15)14-25(27,28)29;/h2,5-8,10-12,16H,3-4,9,13-14,30H2,1H3,(H,31,33,34,35);1H/t16-;/m0./s1. The molecule has 0 unspecified atom stereocenters. The predicted molar refractivity (Wildman–Crippen MR) is 143 cm³/mol. The van der Waals surface area contributed by atoms with Crippen LogP contribution in [0.3, 0.4) is 0 Å². The molecule has 1 aliphatic rings. The Morgan fingerprint density at radius 2 is 2.00 bits per heavy atom. The molecule has 15 heteroatoms. The highest BCUT2D eigenvalue weighted by Crippen LogP contribution is 2.34. The van der Waals surface area contributed by atoms with Crippen molar-refractivity contribution in [3.63, 3.8) is 0 Å². The van der Waals surface area contributed by atoms with Crippen molar-refractivity contribution in [3.05, 3.63) is 54.7 Å². The zero-order chi connectivity index (χ0) is 27.6. The minimum Gasteiger partial charge on any atom is -0.496 e. The first-order valence-corrected chi connectivity index (χ1v) is 12.1. The van der Waals surface area contributed by atoms with E-state index >= 15 is 0 Å². The van der Waals surface area contributed by atoms with Gasteiger partial charge >= 0.3 is 6.18 Å². The largest absolute Gasteiger partial charge is 0.496 e. The average molecular weight is 580 g/mol. The molecule has 1 saturated heterocycles. The van der Waals surface area contributed by atoms with Crippen LogP contribution in [0.4, 0.5) is 34.9 Å². The molecule has 1 aliphatic heterocycles. The average Bonchev–Trinajstić information content (AvgIpc) is 3.35. The van der Waals surface area contributed by atoms with Crippen molar-refractivity contribution >= 4 is 29.7 Å². The van der Waals surface area contributed by atoms with E-state index in [1.807, 2.05) is 4.90 Å². The summed E-state index contributed by atoms with van der Waals surface area (Å²) >= 11 is 0. The lowest BCUT2D eigenvalue weighted by Gasteiger charge is -2.33. The number of alkyl halides is 3. The molecule has 0 spiro atoms. The summed E-state index contributed by atoms with van der Waals surface area (Å²) in [5.74, 6) is 0.503. The molecule has 1 aromatic carbocycles. The van der Waals surface area contributed by atoms with Gasteiger partial charge in [-0.15, -0.1) is 22.6 Å². The molecule has 1 atom stereocenters. The Balaban J connectivity index is 0.00000370. The maximum Gasteiger partial charge on any atom is 0.408 e. The molecule has 212 valence electrons. The van der Waals surface area contributed by atoms with Crippen molar-refractivity contribution in [1.82, 2.24) is 29.9 Å². The lowest BCUT2D eigenvalue weighted by molar-refractivity contribution is -0.142. The van der Waals surface area contributed by atoms with E-state index in [2.05, 4.69) is 30.6 Å². The summed E-state index contributed by atoms with van der Waals surface area (Å²) in [5.41, 5.74) is 7.72. The molecule has 0 bridgehead atoms. The summed E-state index contributed by atoms with van der Waals surface area (Å²) in [6.45, 7) is 0.0135. The van der Waals surface area contributed by atoms with E-state index in [0.29, 0.717) is 41.7 Å². The van der Waals surface area contributed by atoms with E-state index in [0.717, 1.165) is 17.5 Å². The van der Waals surface area contributed by atoms with E-state index < -0.39 is 18.5 Å². The van der Waals surface area contributed by atoms with E-state index in [1.54, 1.807) is 18.2 Å². The lowest BCUT2D eigenvalue weighted by atomic mass is 10.0. The number of nitrogens with two attached hydrogens (primary N) is 1. The number of ether oxygens (including phenoxy) is 1. The van der Waals surface area contributed by atoms with Crippen LogP contribution in [0.15, 0.2) is 48.9 Å². The van der Waals surface area contributed by atoms with Gasteiger partial charge in [0.25, 0.3) is 0 Å². The van der Waals surface area contributed by atoms with Crippen molar-refractivity contribution < 1.29 is 22.3 Å². The number of benzene rings is 1. The van der Waals surface area contributed by atoms with Gasteiger partial charge in [-0.1, -0.05) is 6.07 Å². The van der Waals surface area contributed by atoms with Gasteiger partial charge < -0.3 is 20.7 Å². The topological polar surface area (TPSA) is 120 Å². The normalized spacial score (nSPS) is 15.4. The first-order valence-electron chi connectivity index (χ1n) is 12.1. The van der Waals surface area contributed by atoms with Gasteiger partial charge in [0.05, 0.1) is 24.6 Å². The Morgan fingerprint density at radius 3 is 2.75 bits per heavy atom. The number of hydrogen-bond donors (Lipinski definition) is 2. The minimum atomic E-state index is -4.41. The SMILES string of the molecule is COc1cccc(F)c1-c1nccc(Nc2cc(N3CCC[C@H](N)C3)c(-c3cnn(CC(F)(F)F)c3)nn2)n1.Cl. The smallest absolute Gasteiger partial charge is 0.408 e. The maximum atomic E-state index is 14.6. The minimum absolute atomic E-state index is 0. The quantitative estimate of drug-likeness (QED) is 0.303. The highest BCUT2D eigenvalue weighted by molar-refractivity contribution is 5.85. The van der Waals surface area contributed by atoms with Crippen molar-refractivity contribution in [3.8, 4) is 28.4 Å². The molecular weight excluding hydrogens is 554 g/mol. The monoisotopic (exact) mass is 579 g/mol. The third-order valence-corrected chi connectivity index (χ3v) is 6.15. The molecule has 0 radical (unpaired) electrons. The molecule has 4 aromatic rings. The number of halogens is 5. The van der Waals surface area contributed by atoms with E-state index in [-0.39, 0.29) is 35.6 Å². The van der Waals surface area contributed by atoms with Crippen LogP contribution in [-0.2, 0) is 6.54 Å². The number of aromatic nitrogens is 6. The molecule has 1 fully saturated rings. The molecule has 3 aromatic heterocycles. The van der Waals surface area contributed by atoms with Crippen molar-refractivity contribution in [2.24, 2.45) is 5.73 Å². The van der Waals surface area contributed by atoms with Crippen molar-refractivity contribution in [1.29, 1.82) is 0 Å². The van der Waals surface area contributed by atoms with E-state index in [1.165, 1.54) is 37.8 Å². The molecule has 5 rings (SSSR count). The second-order valence-corrected chi connectivity index (χ2v) is 9.06. The summed E-state index contributed by atoms with van der Waals surface area (Å²) in [6, 6.07) is 7.68. The third-order valence-electron chi connectivity index (χ3n) is 6.15. The zero-order valence-electron chi connectivity index (χ0n) is 21.3. The fourth-order valence-corrected chi connectivity index (χ4v) is 4.45. The van der Waals surface area contributed by atoms with Crippen LogP contribution < -0.4 is 20.7 Å². The zero-order valence-corrected chi connectivity index (χ0v) is 22.1. The van der Waals surface area contributed by atoms with Gasteiger partial charge in [-0.05, 0) is 31.0 Å². The van der Waals surface area contributed by atoms with Crippen LogP contribution in [-0.4, -0.2) is 62.4 Å². The summed E-state index contributed by atoms with van der Waals surface area (Å²) in [6.07, 6.45) is 1.39. The van der Waals surface area contributed by atoms with Gasteiger partial charge in [0, 0.05) is 43.2 Å². The number of rotatable bonds is 7. The molecule has 0 aliphatic carbocycles. The van der Waals surface area contributed by atoms with Crippen LogP contribution in [0.25, 0.3) is 22.6 Å². The second kappa shape index (κ2) is 12.0. The number of nitrogens with one attached hydrogen (secondary N) is 1. The molecule has 40 heavy (non-hydrogen) atoms. The van der Waals surface area contributed by atoms with Gasteiger partial charge in [0.2, 0.25) is 0 Å². The first kappa shape index (κ1) is 29.0. The Bertz CT molecular complexity index is 1470. The Labute approximate surface area is 233 Å². The van der Waals surface area contributed by atoms with E-state index in [9.17, 15) is 17.6 Å². The Hall–Kier alpha value is -4.04. The molecule has 3 N–H and O–H groups in total. The summed E-state index contributed by atoms with van der Waals surface area (Å²) in [4.78, 5) is 10.6. The second-order valence-electron chi connectivity index (χ2n) is 9.06. The van der Waals surface area contributed by atoms with Crippen molar-refractivity contribution in [2.45, 2.75) is 31.6 Å². The van der Waals surface area contributed by atoms with Crippen LogP contribution in [0.1, 0.15) is 12.8 Å². The fraction of sp³-hybridized carbons (Fsp3) is 0.320. The van der Waals surface area contributed by atoms with Gasteiger partial charge in [-0.3, -0.25) is 4.68 Å². The van der Waals surface area contributed by atoms with E-state index in [4.69, 9.17) is 10.5 Å². The number of anilines is 3. The summed E-state index contributed by atoms with van der Waals surface area (Å²) in [7, 11) is 1.43. The van der Waals surface area contributed by atoms with Crippen LogP contribution in [0.2, 0.25) is 0 Å². The molecular formula is C25H26ClF4N9O. The Morgan fingerprint density at radius 1 is 1.18 bits per heavy atom. The first-order chi connectivity index (χ1) is 18.7.